The zero-order chi connectivity index (χ0) is 17.5. The molecular weight excluding hydrogens is 316 g/mol. The molecule has 1 aromatic rings. The second-order valence-electron chi connectivity index (χ2n) is 6.77. The lowest BCUT2D eigenvalue weighted by atomic mass is 10.1. The minimum absolute atomic E-state index is 0.0645. The van der Waals surface area contributed by atoms with E-state index in [2.05, 4.69) is 15.2 Å². The van der Waals surface area contributed by atoms with E-state index in [-0.39, 0.29) is 12.0 Å². The molecule has 0 saturated carbocycles. The van der Waals surface area contributed by atoms with E-state index in [9.17, 15) is 4.79 Å². The first-order chi connectivity index (χ1) is 12.2. The Bertz CT molecular complexity index is 605. The van der Waals surface area contributed by atoms with Crippen LogP contribution in [0.5, 0.6) is 0 Å². The predicted molar refractivity (Wildman–Crippen MR) is 98.5 cm³/mol. The molecule has 2 aliphatic rings. The fourth-order valence-electron chi connectivity index (χ4n) is 3.32. The van der Waals surface area contributed by atoms with E-state index in [1.807, 2.05) is 24.3 Å². The molecule has 2 aliphatic heterocycles. The van der Waals surface area contributed by atoms with Crippen molar-refractivity contribution in [2.75, 3.05) is 26.2 Å². The van der Waals surface area contributed by atoms with E-state index in [4.69, 9.17) is 10.5 Å². The maximum Gasteiger partial charge on any atom is 0.251 e. The number of ether oxygens (including phenoxy) is 1. The predicted octanol–water partition coefficient (Wildman–Crippen LogP) is 1.90. The molecule has 6 heteroatoms. The van der Waals surface area contributed by atoms with Gasteiger partial charge in [0.15, 0.2) is 5.96 Å². The Balaban J connectivity index is 1.54. The second kappa shape index (κ2) is 8.85. The number of aliphatic imine (C=N–C) groups is 1. The molecule has 2 saturated heterocycles. The van der Waals surface area contributed by atoms with Gasteiger partial charge >= 0.3 is 0 Å². The van der Waals surface area contributed by atoms with Crippen molar-refractivity contribution in [2.24, 2.45) is 10.7 Å². The highest BCUT2D eigenvalue weighted by Gasteiger charge is 2.17. The van der Waals surface area contributed by atoms with Crippen molar-refractivity contribution in [1.82, 2.24) is 10.2 Å². The van der Waals surface area contributed by atoms with Crippen molar-refractivity contribution in [2.45, 2.75) is 44.8 Å². The summed E-state index contributed by atoms with van der Waals surface area (Å²) >= 11 is 0. The lowest BCUT2D eigenvalue weighted by Gasteiger charge is -2.27. The molecule has 3 rings (SSSR count). The second-order valence-corrected chi connectivity index (χ2v) is 6.77. The summed E-state index contributed by atoms with van der Waals surface area (Å²) in [4.78, 5) is 18.9. The fraction of sp³-hybridized carbons (Fsp3) is 0.579. The van der Waals surface area contributed by atoms with Crippen molar-refractivity contribution in [3.63, 3.8) is 0 Å². The number of carbonyl (C=O) groups excluding carboxylic acids is 1. The van der Waals surface area contributed by atoms with Crippen molar-refractivity contribution in [3.8, 4) is 0 Å². The van der Waals surface area contributed by atoms with Gasteiger partial charge in [0.1, 0.15) is 0 Å². The smallest absolute Gasteiger partial charge is 0.251 e. The van der Waals surface area contributed by atoms with Gasteiger partial charge in [-0.3, -0.25) is 4.79 Å². The number of carbonyl (C=O) groups is 1. The monoisotopic (exact) mass is 344 g/mol. The number of guanidine groups is 1. The number of rotatable bonds is 5. The molecule has 1 amide bonds. The highest BCUT2D eigenvalue weighted by Crippen LogP contribution is 2.12. The van der Waals surface area contributed by atoms with Gasteiger partial charge in [-0.05, 0) is 49.8 Å². The average Bonchev–Trinajstić information content (AvgIpc) is 3.19. The third kappa shape index (κ3) is 5.19. The van der Waals surface area contributed by atoms with Crippen molar-refractivity contribution in [1.29, 1.82) is 0 Å². The van der Waals surface area contributed by atoms with Crippen LogP contribution in [0.1, 0.15) is 48.0 Å². The number of piperidine rings is 1. The number of nitrogens with one attached hydrogen (secondary N) is 1. The highest BCUT2D eigenvalue weighted by atomic mass is 16.5. The van der Waals surface area contributed by atoms with E-state index < -0.39 is 0 Å². The van der Waals surface area contributed by atoms with Gasteiger partial charge in [-0.2, -0.15) is 0 Å². The standard InChI is InChI=1S/C19H28N4O2/c20-19(23-9-2-1-3-10-23)22-13-15-6-4-7-16(12-15)18(24)21-14-17-8-5-11-25-17/h4,6-7,12,17H,1-3,5,8-11,13-14H2,(H2,20,22)(H,21,24). The SMILES string of the molecule is NC(=NCc1cccc(C(=O)NCC2CCCO2)c1)N1CCCCC1. The number of amides is 1. The Morgan fingerprint density at radius 2 is 2.12 bits per heavy atom. The molecule has 3 N–H and O–H groups in total. The zero-order valence-electron chi connectivity index (χ0n) is 14.7. The Kier molecular flexibility index (Phi) is 6.28. The third-order valence-corrected chi connectivity index (χ3v) is 4.81. The molecule has 0 spiro atoms. The summed E-state index contributed by atoms with van der Waals surface area (Å²) in [7, 11) is 0. The molecule has 136 valence electrons. The lowest BCUT2D eigenvalue weighted by Crippen LogP contribution is -2.40. The van der Waals surface area contributed by atoms with Gasteiger partial charge in [0.05, 0.1) is 12.6 Å². The molecule has 0 bridgehead atoms. The Labute approximate surface area is 149 Å². The Morgan fingerprint density at radius 3 is 2.88 bits per heavy atom. The van der Waals surface area contributed by atoms with Crippen molar-refractivity contribution >= 4 is 11.9 Å². The van der Waals surface area contributed by atoms with Crippen LogP contribution in [0.4, 0.5) is 0 Å². The van der Waals surface area contributed by atoms with Crippen LogP contribution in [-0.4, -0.2) is 49.1 Å². The van der Waals surface area contributed by atoms with Crippen LogP contribution in [0, 0.1) is 0 Å². The van der Waals surface area contributed by atoms with Crippen LogP contribution in [-0.2, 0) is 11.3 Å². The minimum atomic E-state index is -0.0645. The summed E-state index contributed by atoms with van der Waals surface area (Å²) < 4.78 is 5.53. The molecule has 1 unspecified atom stereocenters. The molecule has 0 radical (unpaired) electrons. The van der Waals surface area contributed by atoms with Gasteiger partial charge in [0.25, 0.3) is 5.91 Å². The molecule has 0 aromatic heterocycles. The first-order valence-electron chi connectivity index (χ1n) is 9.26. The number of hydrogen-bond donors (Lipinski definition) is 2. The summed E-state index contributed by atoms with van der Waals surface area (Å²) in [6.07, 6.45) is 5.87. The number of hydrogen-bond acceptors (Lipinski definition) is 3. The molecule has 2 fully saturated rings. The number of nitrogens with two attached hydrogens (primary N) is 1. The van der Waals surface area contributed by atoms with Crippen LogP contribution in [0.15, 0.2) is 29.3 Å². The highest BCUT2D eigenvalue weighted by molar-refractivity contribution is 5.94. The van der Waals surface area contributed by atoms with Crippen LogP contribution >= 0.6 is 0 Å². The molecule has 6 nitrogen and oxygen atoms in total. The van der Waals surface area contributed by atoms with E-state index >= 15 is 0 Å². The zero-order valence-corrected chi connectivity index (χ0v) is 14.7. The average molecular weight is 344 g/mol. The topological polar surface area (TPSA) is 79.9 Å². The number of likely N-dealkylation sites (tertiary alicyclic amines) is 1. The number of nitrogens with zero attached hydrogens (tertiary/aromatic N) is 2. The molecule has 0 aliphatic carbocycles. The first kappa shape index (κ1) is 17.7. The quantitative estimate of drug-likeness (QED) is 0.631. The first-order valence-corrected chi connectivity index (χ1v) is 9.26. The maximum atomic E-state index is 12.3. The van der Waals surface area contributed by atoms with Crippen molar-refractivity contribution in [3.05, 3.63) is 35.4 Å². The normalized spacial score (nSPS) is 21.4. The number of benzene rings is 1. The Hall–Kier alpha value is -2.08. The molecule has 2 heterocycles. The van der Waals surface area contributed by atoms with E-state index in [1.54, 1.807) is 0 Å². The van der Waals surface area contributed by atoms with Gasteiger partial charge in [0, 0.05) is 31.8 Å². The van der Waals surface area contributed by atoms with Gasteiger partial charge in [-0.25, -0.2) is 4.99 Å². The minimum Gasteiger partial charge on any atom is -0.376 e. The molecule has 1 aromatic carbocycles. The summed E-state index contributed by atoms with van der Waals surface area (Å²) in [5.41, 5.74) is 7.74. The van der Waals surface area contributed by atoms with Crippen LogP contribution in [0.3, 0.4) is 0 Å². The molecular formula is C19H28N4O2. The van der Waals surface area contributed by atoms with Gasteiger partial charge in [-0.15, -0.1) is 0 Å². The van der Waals surface area contributed by atoms with E-state index in [0.29, 0.717) is 24.6 Å². The maximum absolute atomic E-state index is 12.3. The fourth-order valence-corrected chi connectivity index (χ4v) is 3.32. The van der Waals surface area contributed by atoms with Crippen LogP contribution in [0.2, 0.25) is 0 Å². The van der Waals surface area contributed by atoms with E-state index in [0.717, 1.165) is 38.1 Å². The summed E-state index contributed by atoms with van der Waals surface area (Å²) in [6.45, 7) is 3.84. The Morgan fingerprint density at radius 1 is 1.28 bits per heavy atom. The summed E-state index contributed by atoms with van der Waals surface area (Å²) in [5.74, 6) is 0.540. The van der Waals surface area contributed by atoms with Gasteiger partial charge < -0.3 is 20.7 Å². The summed E-state index contributed by atoms with van der Waals surface area (Å²) in [5, 5.41) is 2.95. The van der Waals surface area contributed by atoms with Crippen LogP contribution < -0.4 is 11.1 Å². The summed E-state index contributed by atoms with van der Waals surface area (Å²) in [6, 6.07) is 7.58. The van der Waals surface area contributed by atoms with E-state index in [1.165, 1.54) is 19.3 Å². The molecule has 1 atom stereocenters. The lowest BCUT2D eigenvalue weighted by molar-refractivity contribution is 0.0857. The third-order valence-electron chi connectivity index (χ3n) is 4.81. The largest absolute Gasteiger partial charge is 0.376 e. The van der Waals surface area contributed by atoms with Crippen LogP contribution in [0.25, 0.3) is 0 Å². The molecule has 25 heavy (non-hydrogen) atoms. The van der Waals surface area contributed by atoms with Gasteiger partial charge in [0.2, 0.25) is 0 Å². The van der Waals surface area contributed by atoms with Gasteiger partial charge in [-0.1, -0.05) is 12.1 Å². The van der Waals surface area contributed by atoms with Crippen molar-refractivity contribution < 1.29 is 9.53 Å².